The molecular weight excluding hydrogens is 348 g/mol. The first-order chi connectivity index (χ1) is 10.5. The number of phenols is 1. The van der Waals surface area contributed by atoms with Gasteiger partial charge in [-0.2, -0.15) is 0 Å². The minimum atomic E-state index is -0.492. The van der Waals surface area contributed by atoms with Crippen molar-refractivity contribution in [1.29, 1.82) is 0 Å². The Labute approximate surface area is 135 Å². The highest BCUT2D eigenvalue weighted by Crippen LogP contribution is 2.25. The van der Waals surface area contributed by atoms with Gasteiger partial charge in [0.1, 0.15) is 11.4 Å². The number of hydrogen-bond acceptors (Lipinski definition) is 3. The van der Waals surface area contributed by atoms with E-state index in [1.165, 1.54) is 12.1 Å². The second-order valence-corrected chi connectivity index (χ2v) is 5.62. The van der Waals surface area contributed by atoms with Crippen LogP contribution in [0.1, 0.15) is 5.56 Å². The van der Waals surface area contributed by atoms with Gasteiger partial charge < -0.3 is 10.4 Å². The molecule has 0 atom stereocenters. The molecule has 0 unspecified atom stereocenters. The highest BCUT2D eigenvalue weighted by molar-refractivity contribution is 9.10. The van der Waals surface area contributed by atoms with Gasteiger partial charge in [-0.1, -0.05) is 34.1 Å². The SMILES string of the molecule is O=C1N/C(=C\c2ccc(O)cc2)C(=O)N1c1cccc(Br)c1. The van der Waals surface area contributed by atoms with Gasteiger partial charge in [-0.3, -0.25) is 4.79 Å². The molecule has 0 bridgehead atoms. The van der Waals surface area contributed by atoms with Crippen molar-refractivity contribution in [1.82, 2.24) is 5.32 Å². The van der Waals surface area contributed by atoms with E-state index in [4.69, 9.17) is 0 Å². The highest BCUT2D eigenvalue weighted by Gasteiger charge is 2.34. The lowest BCUT2D eigenvalue weighted by atomic mass is 10.2. The van der Waals surface area contributed by atoms with Crippen LogP contribution in [0.2, 0.25) is 0 Å². The first kappa shape index (κ1) is 14.3. The number of nitrogens with one attached hydrogen (secondary N) is 1. The molecule has 0 spiro atoms. The van der Waals surface area contributed by atoms with Crippen molar-refractivity contribution in [3.8, 4) is 5.75 Å². The van der Waals surface area contributed by atoms with E-state index in [-0.39, 0.29) is 11.4 Å². The minimum absolute atomic E-state index is 0.139. The average Bonchev–Trinajstić information content (AvgIpc) is 2.76. The zero-order valence-corrected chi connectivity index (χ0v) is 12.9. The largest absolute Gasteiger partial charge is 0.508 e. The van der Waals surface area contributed by atoms with Crippen LogP contribution in [0.25, 0.3) is 6.08 Å². The van der Waals surface area contributed by atoms with E-state index < -0.39 is 11.9 Å². The molecule has 1 saturated heterocycles. The summed E-state index contributed by atoms with van der Waals surface area (Å²) < 4.78 is 0.779. The van der Waals surface area contributed by atoms with Gasteiger partial charge in [0.2, 0.25) is 0 Å². The molecular formula is C16H11BrN2O3. The average molecular weight is 359 g/mol. The molecule has 0 aliphatic carbocycles. The number of anilines is 1. The van der Waals surface area contributed by atoms with E-state index >= 15 is 0 Å². The van der Waals surface area contributed by atoms with E-state index in [9.17, 15) is 14.7 Å². The standard InChI is InChI=1S/C16H11BrN2O3/c17-11-2-1-3-12(9-11)19-15(21)14(18-16(19)22)8-10-4-6-13(20)7-5-10/h1-9,20H,(H,18,22)/b14-8-. The molecule has 2 aromatic carbocycles. The number of imide groups is 1. The van der Waals surface area contributed by atoms with Crippen molar-refractivity contribution in [3.63, 3.8) is 0 Å². The van der Waals surface area contributed by atoms with E-state index in [0.717, 1.165) is 9.37 Å². The van der Waals surface area contributed by atoms with Crippen LogP contribution >= 0.6 is 15.9 Å². The molecule has 0 radical (unpaired) electrons. The molecule has 110 valence electrons. The summed E-state index contributed by atoms with van der Waals surface area (Å²) in [5.74, 6) is -0.282. The fraction of sp³-hybridized carbons (Fsp3) is 0. The second kappa shape index (κ2) is 5.65. The summed E-state index contributed by atoms with van der Waals surface area (Å²) in [6, 6.07) is 12.8. The zero-order valence-electron chi connectivity index (χ0n) is 11.3. The van der Waals surface area contributed by atoms with E-state index in [0.29, 0.717) is 11.3 Å². The van der Waals surface area contributed by atoms with E-state index in [2.05, 4.69) is 21.2 Å². The van der Waals surface area contributed by atoms with Crippen molar-refractivity contribution < 1.29 is 14.7 Å². The van der Waals surface area contributed by atoms with Crippen LogP contribution in [0, 0.1) is 0 Å². The number of aromatic hydroxyl groups is 1. The Bertz CT molecular complexity index is 784. The Morgan fingerprint density at radius 2 is 1.82 bits per heavy atom. The van der Waals surface area contributed by atoms with Gasteiger partial charge in [0, 0.05) is 4.47 Å². The van der Waals surface area contributed by atoms with Crippen molar-refractivity contribution in [3.05, 3.63) is 64.3 Å². The summed E-state index contributed by atoms with van der Waals surface area (Å²) in [5, 5.41) is 11.8. The quantitative estimate of drug-likeness (QED) is 0.639. The third-order valence-electron chi connectivity index (χ3n) is 3.15. The topological polar surface area (TPSA) is 69.6 Å². The van der Waals surface area contributed by atoms with Crippen molar-refractivity contribution in [2.75, 3.05) is 4.90 Å². The molecule has 6 heteroatoms. The van der Waals surface area contributed by atoms with Crippen LogP contribution in [0.5, 0.6) is 5.75 Å². The third kappa shape index (κ3) is 2.73. The number of rotatable bonds is 2. The number of urea groups is 1. The van der Waals surface area contributed by atoms with Gasteiger partial charge in [0.05, 0.1) is 5.69 Å². The molecule has 3 amide bonds. The smallest absolute Gasteiger partial charge is 0.333 e. The van der Waals surface area contributed by atoms with Gasteiger partial charge in [0.25, 0.3) is 5.91 Å². The molecule has 2 N–H and O–H groups in total. The lowest BCUT2D eigenvalue weighted by Crippen LogP contribution is -2.30. The normalized spacial score (nSPS) is 16.2. The van der Waals surface area contributed by atoms with Gasteiger partial charge in [0.15, 0.2) is 0 Å². The third-order valence-corrected chi connectivity index (χ3v) is 3.64. The number of hydrogen-bond donors (Lipinski definition) is 2. The molecule has 0 aromatic heterocycles. The maximum atomic E-state index is 12.4. The number of amides is 3. The molecule has 3 rings (SSSR count). The fourth-order valence-electron chi connectivity index (χ4n) is 2.12. The summed E-state index contributed by atoms with van der Waals surface area (Å²) in [7, 11) is 0. The number of carbonyl (C=O) groups excluding carboxylic acids is 2. The summed E-state index contributed by atoms with van der Waals surface area (Å²) in [6.45, 7) is 0. The van der Waals surface area contributed by atoms with Crippen LogP contribution in [-0.4, -0.2) is 17.0 Å². The Balaban J connectivity index is 1.93. The van der Waals surface area contributed by atoms with Crippen LogP contribution < -0.4 is 10.2 Å². The fourth-order valence-corrected chi connectivity index (χ4v) is 2.51. The highest BCUT2D eigenvalue weighted by atomic mass is 79.9. The molecule has 1 fully saturated rings. The summed E-state index contributed by atoms with van der Waals surface area (Å²) in [6.07, 6.45) is 1.57. The van der Waals surface area contributed by atoms with E-state index in [1.807, 2.05) is 6.07 Å². The molecule has 5 nitrogen and oxygen atoms in total. The summed E-state index contributed by atoms with van der Waals surface area (Å²) in [4.78, 5) is 25.5. The number of nitrogens with zero attached hydrogens (tertiary/aromatic N) is 1. The lowest BCUT2D eigenvalue weighted by molar-refractivity contribution is -0.113. The first-order valence-electron chi connectivity index (χ1n) is 6.46. The maximum absolute atomic E-state index is 12.4. The molecule has 1 aliphatic heterocycles. The van der Waals surface area contributed by atoms with Crippen molar-refractivity contribution >= 4 is 39.6 Å². The first-order valence-corrected chi connectivity index (χ1v) is 7.25. The second-order valence-electron chi connectivity index (χ2n) is 4.70. The number of halogens is 1. The Morgan fingerprint density at radius 1 is 1.09 bits per heavy atom. The van der Waals surface area contributed by atoms with Gasteiger partial charge in [-0.25, -0.2) is 9.69 Å². The Kier molecular flexibility index (Phi) is 3.68. The van der Waals surface area contributed by atoms with Crippen LogP contribution in [-0.2, 0) is 4.79 Å². The predicted molar refractivity (Wildman–Crippen MR) is 86.2 cm³/mol. The van der Waals surface area contributed by atoms with Crippen LogP contribution in [0.15, 0.2) is 58.7 Å². The number of benzene rings is 2. The minimum Gasteiger partial charge on any atom is -0.508 e. The Hall–Kier alpha value is -2.60. The van der Waals surface area contributed by atoms with Gasteiger partial charge >= 0.3 is 6.03 Å². The van der Waals surface area contributed by atoms with Gasteiger partial charge in [-0.05, 0) is 42.0 Å². The molecule has 1 heterocycles. The van der Waals surface area contributed by atoms with Crippen LogP contribution in [0.4, 0.5) is 10.5 Å². The maximum Gasteiger partial charge on any atom is 0.333 e. The van der Waals surface area contributed by atoms with E-state index in [1.54, 1.807) is 36.4 Å². The van der Waals surface area contributed by atoms with Crippen LogP contribution in [0.3, 0.4) is 0 Å². The van der Waals surface area contributed by atoms with Crippen molar-refractivity contribution in [2.45, 2.75) is 0 Å². The summed E-state index contributed by atoms with van der Waals surface area (Å²) >= 11 is 3.32. The van der Waals surface area contributed by atoms with Gasteiger partial charge in [-0.15, -0.1) is 0 Å². The monoisotopic (exact) mass is 358 g/mol. The zero-order chi connectivity index (χ0) is 15.7. The lowest BCUT2D eigenvalue weighted by Gasteiger charge is -2.11. The molecule has 0 saturated carbocycles. The number of carbonyl (C=O) groups is 2. The molecule has 1 aliphatic rings. The summed E-state index contributed by atoms with van der Waals surface area (Å²) in [5.41, 5.74) is 1.39. The molecule has 2 aromatic rings. The predicted octanol–water partition coefficient (Wildman–Crippen LogP) is 3.25. The van der Waals surface area contributed by atoms with Crippen molar-refractivity contribution in [2.24, 2.45) is 0 Å². The Morgan fingerprint density at radius 3 is 2.50 bits per heavy atom. The number of phenolic OH excluding ortho intramolecular Hbond substituents is 1. The molecule has 22 heavy (non-hydrogen) atoms.